The third-order valence-corrected chi connectivity index (χ3v) is 3.35. The minimum Gasteiger partial charge on any atom is -0.362 e. The smallest absolute Gasteiger partial charge is 0.241 e. The lowest BCUT2D eigenvalue weighted by Gasteiger charge is -2.27. The van der Waals surface area contributed by atoms with Crippen molar-refractivity contribution in [3.05, 3.63) is 29.3 Å². The van der Waals surface area contributed by atoms with Gasteiger partial charge in [0.15, 0.2) is 0 Å². The summed E-state index contributed by atoms with van der Waals surface area (Å²) in [6.45, 7) is 9.30. The van der Waals surface area contributed by atoms with Gasteiger partial charge in [-0.3, -0.25) is 4.79 Å². The summed E-state index contributed by atoms with van der Waals surface area (Å²) in [4.78, 5) is 15.7. The lowest BCUT2D eigenvalue weighted by Crippen LogP contribution is -2.37. The van der Waals surface area contributed by atoms with Gasteiger partial charge in [0.25, 0.3) is 0 Å². The first-order chi connectivity index (χ1) is 9.49. The van der Waals surface area contributed by atoms with Crippen LogP contribution in [0.4, 0.5) is 5.69 Å². The maximum Gasteiger partial charge on any atom is 0.241 e. The molecule has 0 saturated carbocycles. The predicted octanol–water partition coefficient (Wildman–Crippen LogP) is 2.02. The number of benzene rings is 1. The molecule has 0 spiro atoms. The van der Waals surface area contributed by atoms with Crippen molar-refractivity contribution in [3.63, 3.8) is 0 Å². The lowest BCUT2D eigenvalue weighted by molar-refractivity contribution is -0.127. The molecule has 0 aromatic heterocycles. The number of carbonyl (C=O) groups excluding carboxylic acids is 1. The Morgan fingerprint density at radius 1 is 1.25 bits per heavy atom. The molecule has 1 aromatic rings. The summed E-state index contributed by atoms with van der Waals surface area (Å²) in [5, 5.41) is 3.37. The van der Waals surface area contributed by atoms with Crippen LogP contribution in [0.5, 0.6) is 0 Å². The van der Waals surface area contributed by atoms with Crippen LogP contribution in [0, 0.1) is 6.92 Å². The van der Waals surface area contributed by atoms with Crippen LogP contribution in [0.15, 0.2) is 18.2 Å². The average molecular weight is 277 g/mol. The van der Waals surface area contributed by atoms with Gasteiger partial charge in [0, 0.05) is 32.9 Å². The highest BCUT2D eigenvalue weighted by atomic mass is 16.2. The van der Waals surface area contributed by atoms with E-state index < -0.39 is 0 Å². The van der Waals surface area contributed by atoms with E-state index in [1.54, 1.807) is 19.0 Å². The summed E-state index contributed by atoms with van der Waals surface area (Å²) >= 11 is 0. The SMILES string of the molecule is CCNCc1cc(C)ccc1N(CC)CC(=O)N(C)C. The van der Waals surface area contributed by atoms with Crippen LogP contribution in [-0.4, -0.2) is 44.5 Å². The highest BCUT2D eigenvalue weighted by Gasteiger charge is 2.14. The van der Waals surface area contributed by atoms with Crippen molar-refractivity contribution < 1.29 is 4.79 Å². The second kappa shape index (κ2) is 7.90. The van der Waals surface area contributed by atoms with Gasteiger partial charge >= 0.3 is 0 Å². The molecular weight excluding hydrogens is 250 g/mol. The predicted molar refractivity (Wildman–Crippen MR) is 85.1 cm³/mol. The molecule has 0 aliphatic carbocycles. The Morgan fingerprint density at radius 3 is 2.50 bits per heavy atom. The van der Waals surface area contributed by atoms with E-state index in [-0.39, 0.29) is 5.91 Å². The number of amides is 1. The van der Waals surface area contributed by atoms with Crippen LogP contribution in [0.25, 0.3) is 0 Å². The van der Waals surface area contributed by atoms with Gasteiger partial charge < -0.3 is 15.1 Å². The number of aryl methyl sites for hydroxylation is 1. The van der Waals surface area contributed by atoms with Crippen molar-refractivity contribution in [1.29, 1.82) is 0 Å². The molecule has 0 unspecified atom stereocenters. The molecule has 0 radical (unpaired) electrons. The van der Waals surface area contributed by atoms with Crippen molar-refractivity contribution in [1.82, 2.24) is 10.2 Å². The molecule has 0 atom stereocenters. The third kappa shape index (κ3) is 4.53. The molecule has 1 rings (SSSR count). The summed E-state index contributed by atoms with van der Waals surface area (Å²) < 4.78 is 0. The Bertz CT molecular complexity index is 443. The van der Waals surface area contributed by atoms with E-state index in [0.717, 1.165) is 25.3 Å². The number of likely N-dealkylation sites (N-methyl/N-ethyl adjacent to an activating group) is 2. The largest absolute Gasteiger partial charge is 0.362 e. The Balaban J connectivity index is 2.98. The molecular formula is C16H27N3O. The van der Waals surface area contributed by atoms with Gasteiger partial charge in [-0.1, -0.05) is 24.6 Å². The van der Waals surface area contributed by atoms with Crippen molar-refractivity contribution in [2.75, 3.05) is 38.6 Å². The average Bonchev–Trinajstić information content (AvgIpc) is 2.42. The Kier molecular flexibility index (Phi) is 6.52. The van der Waals surface area contributed by atoms with E-state index in [4.69, 9.17) is 0 Å². The third-order valence-electron chi connectivity index (χ3n) is 3.35. The molecule has 20 heavy (non-hydrogen) atoms. The van der Waals surface area contributed by atoms with Crippen molar-refractivity contribution in [2.45, 2.75) is 27.3 Å². The van der Waals surface area contributed by atoms with Crippen LogP contribution in [0.2, 0.25) is 0 Å². The van der Waals surface area contributed by atoms with Gasteiger partial charge in [0.2, 0.25) is 5.91 Å². The molecule has 1 N–H and O–H groups in total. The van der Waals surface area contributed by atoms with E-state index in [9.17, 15) is 4.79 Å². The molecule has 1 amide bonds. The molecule has 4 heteroatoms. The fourth-order valence-electron chi connectivity index (χ4n) is 2.10. The number of nitrogens with zero attached hydrogens (tertiary/aromatic N) is 2. The fraction of sp³-hybridized carbons (Fsp3) is 0.562. The van der Waals surface area contributed by atoms with Gasteiger partial charge in [-0.2, -0.15) is 0 Å². The molecule has 4 nitrogen and oxygen atoms in total. The van der Waals surface area contributed by atoms with Gasteiger partial charge in [-0.05, 0) is 32.0 Å². The van der Waals surface area contributed by atoms with Crippen LogP contribution >= 0.6 is 0 Å². The van der Waals surface area contributed by atoms with E-state index >= 15 is 0 Å². The van der Waals surface area contributed by atoms with Crippen LogP contribution in [0.1, 0.15) is 25.0 Å². The quantitative estimate of drug-likeness (QED) is 0.828. The first kappa shape index (κ1) is 16.5. The zero-order valence-electron chi connectivity index (χ0n) is 13.4. The van der Waals surface area contributed by atoms with Crippen molar-refractivity contribution in [2.24, 2.45) is 0 Å². The topological polar surface area (TPSA) is 35.6 Å². The first-order valence-corrected chi connectivity index (χ1v) is 7.24. The Labute approximate surface area is 122 Å². The molecule has 112 valence electrons. The van der Waals surface area contributed by atoms with Gasteiger partial charge in [0.05, 0.1) is 6.54 Å². The second-order valence-corrected chi connectivity index (χ2v) is 5.21. The summed E-state index contributed by atoms with van der Waals surface area (Å²) in [6, 6.07) is 6.42. The number of hydrogen-bond acceptors (Lipinski definition) is 3. The molecule has 0 bridgehead atoms. The minimum atomic E-state index is 0.127. The van der Waals surface area contributed by atoms with Gasteiger partial charge in [-0.25, -0.2) is 0 Å². The van der Waals surface area contributed by atoms with Gasteiger partial charge in [0.1, 0.15) is 0 Å². The van der Waals surface area contributed by atoms with Crippen molar-refractivity contribution in [3.8, 4) is 0 Å². The molecule has 1 aromatic carbocycles. The maximum absolute atomic E-state index is 11.9. The molecule has 0 heterocycles. The maximum atomic E-state index is 11.9. The van der Waals surface area contributed by atoms with Crippen LogP contribution < -0.4 is 10.2 Å². The minimum absolute atomic E-state index is 0.127. The summed E-state index contributed by atoms with van der Waals surface area (Å²) in [6.07, 6.45) is 0. The highest BCUT2D eigenvalue weighted by Crippen LogP contribution is 2.22. The number of hydrogen-bond donors (Lipinski definition) is 1. The summed E-state index contributed by atoms with van der Waals surface area (Å²) in [7, 11) is 3.59. The molecule has 0 aliphatic rings. The summed E-state index contributed by atoms with van der Waals surface area (Å²) in [5.41, 5.74) is 3.64. The number of carbonyl (C=O) groups is 1. The van der Waals surface area contributed by atoms with E-state index in [2.05, 4.69) is 49.2 Å². The molecule has 0 aliphatic heterocycles. The van der Waals surface area contributed by atoms with E-state index in [1.165, 1.54) is 11.1 Å². The Hall–Kier alpha value is -1.55. The monoisotopic (exact) mass is 277 g/mol. The summed E-state index contributed by atoms with van der Waals surface area (Å²) in [5.74, 6) is 0.127. The number of nitrogens with one attached hydrogen (secondary N) is 1. The normalized spacial score (nSPS) is 10.4. The van der Waals surface area contributed by atoms with Gasteiger partial charge in [-0.15, -0.1) is 0 Å². The first-order valence-electron chi connectivity index (χ1n) is 7.24. The zero-order chi connectivity index (χ0) is 15.1. The zero-order valence-corrected chi connectivity index (χ0v) is 13.4. The van der Waals surface area contributed by atoms with E-state index in [0.29, 0.717) is 6.54 Å². The standard InChI is InChI=1S/C16H27N3O/c1-6-17-11-14-10-13(3)8-9-15(14)19(7-2)12-16(20)18(4)5/h8-10,17H,6-7,11-12H2,1-5H3. The molecule has 0 fully saturated rings. The fourth-order valence-corrected chi connectivity index (χ4v) is 2.10. The number of rotatable bonds is 7. The van der Waals surface area contributed by atoms with E-state index in [1.807, 2.05) is 0 Å². The number of anilines is 1. The molecule has 0 saturated heterocycles. The van der Waals surface area contributed by atoms with Crippen LogP contribution in [-0.2, 0) is 11.3 Å². The van der Waals surface area contributed by atoms with Crippen LogP contribution in [0.3, 0.4) is 0 Å². The van der Waals surface area contributed by atoms with Crippen molar-refractivity contribution >= 4 is 11.6 Å². The highest BCUT2D eigenvalue weighted by molar-refractivity contribution is 5.81. The second-order valence-electron chi connectivity index (χ2n) is 5.21. The lowest BCUT2D eigenvalue weighted by atomic mass is 10.1. The Morgan fingerprint density at radius 2 is 1.95 bits per heavy atom.